The summed E-state index contributed by atoms with van der Waals surface area (Å²) < 4.78 is 4.83. The molecule has 0 spiro atoms. The third-order valence-corrected chi connectivity index (χ3v) is 3.21. The van der Waals surface area contributed by atoms with Gasteiger partial charge >= 0.3 is 5.97 Å². The summed E-state index contributed by atoms with van der Waals surface area (Å²) in [6.45, 7) is 7.76. The van der Waals surface area contributed by atoms with Gasteiger partial charge in [0.15, 0.2) is 0 Å². The summed E-state index contributed by atoms with van der Waals surface area (Å²) >= 11 is 0. The Labute approximate surface area is 134 Å². The third kappa shape index (κ3) is 6.57. The topological polar surface area (TPSA) is 64.7 Å². The number of hydrogen-bond donors (Lipinski definition) is 1. The number of nitrogens with zero attached hydrogens (tertiary/aromatic N) is 1. The van der Waals surface area contributed by atoms with Crippen LogP contribution in [0.15, 0.2) is 51.7 Å². The molecule has 0 aliphatic rings. The number of esters is 1. The Hall–Kier alpha value is -2.10. The SMILES string of the molecule is C\C=C/C(=C\C(=C\CC)C(=O)OC)C(/C/C(C)=C(\C)N)=N/C. The molecule has 0 aromatic rings. The van der Waals surface area contributed by atoms with Crippen LogP contribution in [-0.2, 0) is 9.53 Å². The Balaban J connectivity index is 5.78. The van der Waals surface area contributed by atoms with Gasteiger partial charge in [-0.25, -0.2) is 4.79 Å². The number of aliphatic imine (C=N–C) groups is 1. The molecule has 0 aliphatic heterocycles. The van der Waals surface area contributed by atoms with Crippen LogP contribution in [0, 0.1) is 0 Å². The smallest absolute Gasteiger partial charge is 0.337 e. The van der Waals surface area contributed by atoms with Gasteiger partial charge in [-0.3, -0.25) is 4.99 Å². The molecule has 0 aromatic carbocycles. The van der Waals surface area contributed by atoms with E-state index in [1.807, 2.05) is 52.0 Å². The van der Waals surface area contributed by atoms with Crippen molar-refractivity contribution in [1.82, 2.24) is 0 Å². The molecule has 122 valence electrons. The summed E-state index contributed by atoms with van der Waals surface area (Å²) in [6.07, 6.45) is 8.93. The minimum Gasteiger partial charge on any atom is -0.465 e. The zero-order valence-electron chi connectivity index (χ0n) is 14.6. The molecule has 0 aliphatic carbocycles. The maximum atomic E-state index is 11.9. The lowest BCUT2D eigenvalue weighted by Gasteiger charge is -2.10. The third-order valence-electron chi connectivity index (χ3n) is 3.21. The lowest BCUT2D eigenvalue weighted by Crippen LogP contribution is -2.09. The summed E-state index contributed by atoms with van der Waals surface area (Å²) in [6, 6.07) is 0. The predicted octanol–water partition coefficient (Wildman–Crippen LogP) is 3.71. The quantitative estimate of drug-likeness (QED) is 0.337. The van der Waals surface area contributed by atoms with Crippen LogP contribution in [0.3, 0.4) is 0 Å². The van der Waals surface area contributed by atoms with Gasteiger partial charge in [0.1, 0.15) is 0 Å². The summed E-state index contributed by atoms with van der Waals surface area (Å²) in [5, 5.41) is 0. The van der Waals surface area contributed by atoms with Gasteiger partial charge in [-0.2, -0.15) is 0 Å². The number of ether oxygens (including phenoxy) is 1. The minimum absolute atomic E-state index is 0.346. The lowest BCUT2D eigenvalue weighted by atomic mass is 9.99. The monoisotopic (exact) mass is 304 g/mol. The largest absolute Gasteiger partial charge is 0.465 e. The summed E-state index contributed by atoms with van der Waals surface area (Å²) in [5.41, 5.74) is 9.99. The van der Waals surface area contributed by atoms with Gasteiger partial charge in [-0.1, -0.05) is 25.2 Å². The maximum Gasteiger partial charge on any atom is 0.337 e. The number of allylic oxidation sites excluding steroid dienone is 6. The highest BCUT2D eigenvalue weighted by Gasteiger charge is 2.11. The van der Waals surface area contributed by atoms with Gasteiger partial charge in [-0.05, 0) is 44.4 Å². The second kappa shape index (κ2) is 10.6. The molecule has 22 heavy (non-hydrogen) atoms. The van der Waals surface area contributed by atoms with E-state index < -0.39 is 0 Å². The summed E-state index contributed by atoms with van der Waals surface area (Å²) in [5.74, 6) is -0.346. The van der Waals surface area contributed by atoms with Gasteiger partial charge in [0.05, 0.1) is 12.7 Å². The molecule has 2 N–H and O–H groups in total. The molecule has 0 saturated carbocycles. The van der Waals surface area contributed by atoms with Crippen LogP contribution in [0.5, 0.6) is 0 Å². The van der Waals surface area contributed by atoms with E-state index in [2.05, 4.69) is 4.99 Å². The lowest BCUT2D eigenvalue weighted by molar-refractivity contribution is -0.135. The Morgan fingerprint density at radius 3 is 2.32 bits per heavy atom. The van der Waals surface area contributed by atoms with E-state index in [9.17, 15) is 4.79 Å². The van der Waals surface area contributed by atoms with E-state index >= 15 is 0 Å². The molecule has 0 bridgehead atoms. The molecule has 0 aromatic heterocycles. The molecule has 4 heteroatoms. The van der Waals surface area contributed by atoms with Crippen molar-refractivity contribution in [3.8, 4) is 0 Å². The molecule has 0 radical (unpaired) electrons. The summed E-state index contributed by atoms with van der Waals surface area (Å²) in [4.78, 5) is 16.2. The second-order valence-electron chi connectivity index (χ2n) is 4.97. The average molecular weight is 304 g/mol. The molecule has 4 nitrogen and oxygen atoms in total. The first-order valence-corrected chi connectivity index (χ1v) is 7.41. The van der Waals surface area contributed by atoms with Crippen molar-refractivity contribution in [3.05, 3.63) is 46.7 Å². The van der Waals surface area contributed by atoms with Gasteiger partial charge in [0, 0.05) is 24.9 Å². The fourth-order valence-electron chi connectivity index (χ4n) is 1.81. The van der Waals surface area contributed by atoms with Crippen molar-refractivity contribution in [1.29, 1.82) is 0 Å². The Kier molecular flexibility index (Phi) is 9.59. The van der Waals surface area contributed by atoms with Crippen LogP contribution in [-0.4, -0.2) is 25.8 Å². The Morgan fingerprint density at radius 1 is 1.27 bits per heavy atom. The predicted molar refractivity (Wildman–Crippen MR) is 93.8 cm³/mol. The highest BCUT2D eigenvalue weighted by molar-refractivity contribution is 6.06. The Bertz CT molecular complexity index is 531. The van der Waals surface area contributed by atoms with E-state index in [-0.39, 0.29) is 5.97 Å². The van der Waals surface area contributed by atoms with Crippen LogP contribution < -0.4 is 5.73 Å². The number of carbonyl (C=O) groups excluding carboxylic acids is 1. The van der Waals surface area contributed by atoms with Crippen LogP contribution >= 0.6 is 0 Å². The van der Waals surface area contributed by atoms with Crippen molar-refractivity contribution in [2.45, 2.75) is 40.5 Å². The zero-order valence-corrected chi connectivity index (χ0v) is 14.6. The fraction of sp³-hybridized carbons (Fsp3) is 0.444. The van der Waals surface area contributed by atoms with Crippen molar-refractivity contribution in [2.24, 2.45) is 10.7 Å². The van der Waals surface area contributed by atoms with Crippen LogP contribution in [0.1, 0.15) is 40.5 Å². The van der Waals surface area contributed by atoms with Gasteiger partial charge < -0.3 is 10.5 Å². The minimum atomic E-state index is -0.346. The van der Waals surface area contributed by atoms with Crippen LogP contribution in [0.4, 0.5) is 0 Å². The van der Waals surface area contributed by atoms with E-state index in [1.165, 1.54) is 7.11 Å². The van der Waals surface area contributed by atoms with Gasteiger partial charge in [0.2, 0.25) is 0 Å². The standard InChI is InChI=1S/C18H28N2O2/c1-7-9-15(12-16(10-8-2)18(21)22-6)17(20-5)11-13(3)14(4)19/h7,9-10,12H,8,11,19H2,1-6H3/b9-7-,14-13+,15-12+,16-10-,20-17+. The van der Waals surface area contributed by atoms with Crippen molar-refractivity contribution >= 4 is 11.7 Å². The van der Waals surface area contributed by atoms with Crippen LogP contribution in [0.25, 0.3) is 0 Å². The molecular formula is C18H28N2O2. The molecular weight excluding hydrogens is 276 g/mol. The highest BCUT2D eigenvalue weighted by Crippen LogP contribution is 2.15. The number of carbonyl (C=O) groups is 1. The van der Waals surface area contributed by atoms with Crippen molar-refractivity contribution in [3.63, 3.8) is 0 Å². The first-order valence-electron chi connectivity index (χ1n) is 7.41. The molecule has 0 rings (SSSR count). The average Bonchev–Trinajstić information content (AvgIpc) is 2.50. The van der Waals surface area contributed by atoms with Crippen molar-refractivity contribution < 1.29 is 9.53 Å². The number of rotatable bonds is 7. The number of nitrogens with two attached hydrogens (primary N) is 1. The maximum absolute atomic E-state index is 11.9. The fourth-order valence-corrected chi connectivity index (χ4v) is 1.81. The number of methoxy groups -OCH3 is 1. The highest BCUT2D eigenvalue weighted by atomic mass is 16.5. The normalized spacial score (nSPS) is 15.1. The van der Waals surface area contributed by atoms with E-state index in [1.54, 1.807) is 7.05 Å². The van der Waals surface area contributed by atoms with Crippen LogP contribution in [0.2, 0.25) is 0 Å². The Morgan fingerprint density at radius 2 is 1.91 bits per heavy atom. The summed E-state index contributed by atoms with van der Waals surface area (Å²) in [7, 11) is 3.13. The molecule has 0 saturated heterocycles. The van der Waals surface area contributed by atoms with E-state index in [0.29, 0.717) is 12.0 Å². The molecule has 0 atom stereocenters. The molecule has 0 fully saturated rings. The van der Waals surface area contributed by atoms with Gasteiger partial charge in [0.25, 0.3) is 0 Å². The number of hydrogen-bond acceptors (Lipinski definition) is 4. The molecule has 0 heterocycles. The molecule has 0 amide bonds. The first kappa shape index (κ1) is 19.9. The van der Waals surface area contributed by atoms with Crippen molar-refractivity contribution in [2.75, 3.05) is 14.2 Å². The zero-order chi connectivity index (χ0) is 17.1. The van der Waals surface area contributed by atoms with E-state index in [4.69, 9.17) is 10.5 Å². The van der Waals surface area contributed by atoms with Gasteiger partial charge in [-0.15, -0.1) is 0 Å². The molecule has 0 unspecified atom stereocenters. The second-order valence-corrected chi connectivity index (χ2v) is 4.97. The van der Waals surface area contributed by atoms with E-state index in [0.717, 1.165) is 29.0 Å². The first-order chi connectivity index (χ1) is 10.4.